The van der Waals surface area contributed by atoms with E-state index < -0.39 is 6.09 Å². The van der Waals surface area contributed by atoms with E-state index in [1.54, 1.807) is 10.3 Å². The molecule has 1 atom stereocenters. The molecule has 9 heteroatoms. The number of carbonyl (C=O) groups excluding carboxylic acids is 2. The Balaban J connectivity index is 1.44. The van der Waals surface area contributed by atoms with Crippen molar-refractivity contribution >= 4 is 29.0 Å². The molecule has 1 fully saturated rings. The topological polar surface area (TPSA) is 84.7 Å². The van der Waals surface area contributed by atoms with Crippen LogP contribution in [0, 0.1) is 5.82 Å². The molecule has 5 rings (SSSR count). The lowest BCUT2D eigenvalue weighted by Crippen LogP contribution is -2.33. The van der Waals surface area contributed by atoms with Crippen molar-refractivity contribution in [2.24, 2.45) is 0 Å². The molecule has 2 aromatic heterocycles. The molecule has 3 aromatic rings. The minimum atomic E-state index is -0.431. The maximum atomic E-state index is 14.1. The highest BCUT2D eigenvalue weighted by atomic mass is 32.1. The summed E-state index contributed by atoms with van der Waals surface area (Å²) >= 11 is 1.30. The van der Waals surface area contributed by atoms with Crippen molar-refractivity contribution in [1.29, 1.82) is 0 Å². The van der Waals surface area contributed by atoms with E-state index in [4.69, 9.17) is 9.26 Å². The van der Waals surface area contributed by atoms with E-state index in [9.17, 15) is 14.0 Å². The van der Waals surface area contributed by atoms with Gasteiger partial charge in [0.1, 0.15) is 17.6 Å². The van der Waals surface area contributed by atoms with Gasteiger partial charge in [-0.05, 0) is 43.0 Å². The number of rotatable bonds is 4. The Kier molecular flexibility index (Phi) is 4.97. The Labute approximate surface area is 181 Å². The number of anilines is 1. The molecule has 0 spiro atoms. The Morgan fingerprint density at radius 1 is 1.32 bits per heavy atom. The largest absolute Gasteiger partial charge is 0.442 e. The first-order valence-corrected chi connectivity index (χ1v) is 11.0. The number of thiophene rings is 1. The predicted octanol–water partition coefficient (Wildman–Crippen LogP) is 4.16. The number of amides is 2. The molecule has 160 valence electrons. The molecule has 3 heterocycles. The van der Waals surface area contributed by atoms with Gasteiger partial charge in [-0.15, -0.1) is 11.3 Å². The summed E-state index contributed by atoms with van der Waals surface area (Å²) in [6.45, 7) is 2.08. The number of nitrogens with one attached hydrogen (secondary N) is 1. The number of fused-ring (bicyclic) bond motifs is 3. The molecule has 1 aromatic carbocycles. The SMILES string of the molecule is CC(=O)NCC1CN(c2ccc3c(c2)CCCc2c(-c4cscc4F)noc2-3)C(=O)O1. The number of ether oxygens (including phenoxy) is 1. The molecule has 0 radical (unpaired) electrons. The van der Waals surface area contributed by atoms with Crippen LogP contribution in [-0.2, 0) is 22.4 Å². The average molecular weight is 441 g/mol. The molecule has 0 bridgehead atoms. The highest BCUT2D eigenvalue weighted by Crippen LogP contribution is 2.40. The molecular formula is C22H20FN3O4S. The first-order chi connectivity index (χ1) is 15.0. The Morgan fingerprint density at radius 3 is 2.97 bits per heavy atom. The number of cyclic esters (lactones) is 1. The van der Waals surface area contributed by atoms with Crippen LogP contribution in [0.5, 0.6) is 0 Å². The first kappa shape index (κ1) is 19.7. The second kappa shape index (κ2) is 7.81. The number of nitrogens with zero attached hydrogens (tertiary/aromatic N) is 2. The van der Waals surface area contributed by atoms with Gasteiger partial charge in [0.05, 0.1) is 18.7 Å². The summed E-state index contributed by atoms with van der Waals surface area (Å²) in [6, 6.07) is 5.74. The van der Waals surface area contributed by atoms with E-state index >= 15 is 0 Å². The number of aryl methyl sites for hydroxylation is 1. The third-order valence-electron chi connectivity index (χ3n) is 5.63. The number of carbonyl (C=O) groups is 2. The fraction of sp³-hybridized carbons (Fsp3) is 0.318. The number of halogens is 1. The van der Waals surface area contributed by atoms with Crippen LogP contribution in [0.25, 0.3) is 22.6 Å². The second-order valence-corrected chi connectivity index (χ2v) is 8.46. The van der Waals surface area contributed by atoms with Gasteiger partial charge in [-0.2, -0.15) is 0 Å². The van der Waals surface area contributed by atoms with Crippen molar-refractivity contribution < 1.29 is 23.2 Å². The predicted molar refractivity (Wildman–Crippen MR) is 114 cm³/mol. The number of aromatic nitrogens is 1. The lowest BCUT2D eigenvalue weighted by Gasteiger charge is -2.15. The molecule has 2 aliphatic rings. The molecule has 1 saturated heterocycles. The number of hydrogen-bond donors (Lipinski definition) is 1. The Bertz CT molecular complexity index is 1170. The van der Waals surface area contributed by atoms with E-state index in [1.807, 2.05) is 18.2 Å². The van der Waals surface area contributed by atoms with Crippen LogP contribution in [-0.4, -0.2) is 36.4 Å². The van der Waals surface area contributed by atoms with E-state index in [1.165, 1.54) is 23.6 Å². The first-order valence-electron chi connectivity index (χ1n) is 10.1. The van der Waals surface area contributed by atoms with Crippen molar-refractivity contribution in [1.82, 2.24) is 10.5 Å². The second-order valence-electron chi connectivity index (χ2n) is 7.72. The Morgan fingerprint density at radius 2 is 2.19 bits per heavy atom. The van der Waals surface area contributed by atoms with Gasteiger partial charge in [-0.25, -0.2) is 9.18 Å². The quantitative estimate of drug-likeness (QED) is 0.657. The van der Waals surface area contributed by atoms with Crippen molar-refractivity contribution in [3.8, 4) is 22.6 Å². The highest BCUT2D eigenvalue weighted by molar-refractivity contribution is 7.08. The van der Waals surface area contributed by atoms with Crippen LogP contribution < -0.4 is 10.2 Å². The lowest BCUT2D eigenvalue weighted by molar-refractivity contribution is -0.119. The third-order valence-corrected chi connectivity index (χ3v) is 6.34. The van der Waals surface area contributed by atoms with Gasteiger partial charge in [-0.3, -0.25) is 9.69 Å². The molecule has 0 saturated carbocycles. The summed E-state index contributed by atoms with van der Waals surface area (Å²) in [6.07, 6.45) is 1.58. The zero-order chi connectivity index (χ0) is 21.5. The van der Waals surface area contributed by atoms with E-state index in [0.717, 1.165) is 41.6 Å². The Hall–Kier alpha value is -3.20. The van der Waals surface area contributed by atoms with Crippen molar-refractivity contribution in [3.63, 3.8) is 0 Å². The number of hydrogen-bond acceptors (Lipinski definition) is 6. The summed E-state index contributed by atoms with van der Waals surface area (Å²) < 4.78 is 25.2. The number of benzene rings is 1. The van der Waals surface area contributed by atoms with E-state index in [0.29, 0.717) is 23.6 Å². The monoisotopic (exact) mass is 441 g/mol. The summed E-state index contributed by atoms with van der Waals surface area (Å²) in [5.74, 6) is 0.207. The normalized spacial score (nSPS) is 17.7. The van der Waals surface area contributed by atoms with Gasteiger partial charge in [0.25, 0.3) is 0 Å². The van der Waals surface area contributed by atoms with Crippen molar-refractivity contribution in [2.45, 2.75) is 32.3 Å². The maximum Gasteiger partial charge on any atom is 0.414 e. The van der Waals surface area contributed by atoms with Crippen LogP contribution in [0.2, 0.25) is 0 Å². The van der Waals surface area contributed by atoms with Crippen LogP contribution in [0.3, 0.4) is 0 Å². The summed E-state index contributed by atoms with van der Waals surface area (Å²) in [5, 5.41) is 10.1. The molecule has 2 amide bonds. The van der Waals surface area contributed by atoms with Crippen molar-refractivity contribution in [3.05, 3.63) is 45.9 Å². The summed E-state index contributed by atoms with van der Waals surface area (Å²) in [4.78, 5) is 25.1. The van der Waals surface area contributed by atoms with Gasteiger partial charge < -0.3 is 14.6 Å². The summed E-state index contributed by atoms with van der Waals surface area (Å²) in [5.41, 5.74) is 4.64. The zero-order valence-corrected chi connectivity index (χ0v) is 17.6. The molecule has 7 nitrogen and oxygen atoms in total. The van der Waals surface area contributed by atoms with E-state index in [2.05, 4.69) is 10.5 Å². The lowest BCUT2D eigenvalue weighted by atomic mass is 10.0. The molecule has 1 aliphatic heterocycles. The van der Waals surface area contributed by atoms with Gasteiger partial charge in [0, 0.05) is 34.5 Å². The van der Waals surface area contributed by atoms with Gasteiger partial charge in [-0.1, -0.05) is 5.16 Å². The molecule has 1 unspecified atom stereocenters. The van der Waals surface area contributed by atoms with Crippen LogP contribution in [0.15, 0.2) is 33.5 Å². The van der Waals surface area contributed by atoms with E-state index in [-0.39, 0.29) is 24.4 Å². The molecule has 1 aliphatic carbocycles. The van der Waals surface area contributed by atoms with Crippen LogP contribution in [0.4, 0.5) is 14.9 Å². The minimum absolute atomic E-state index is 0.163. The highest BCUT2D eigenvalue weighted by Gasteiger charge is 2.33. The third kappa shape index (κ3) is 3.59. The van der Waals surface area contributed by atoms with Crippen LogP contribution >= 0.6 is 11.3 Å². The maximum absolute atomic E-state index is 14.1. The molecule has 31 heavy (non-hydrogen) atoms. The molecule has 1 N–H and O–H groups in total. The molecular weight excluding hydrogens is 421 g/mol. The van der Waals surface area contributed by atoms with Crippen LogP contribution in [0.1, 0.15) is 24.5 Å². The van der Waals surface area contributed by atoms with Gasteiger partial charge in [0.2, 0.25) is 5.91 Å². The average Bonchev–Trinajstić information content (AvgIpc) is 3.42. The van der Waals surface area contributed by atoms with Gasteiger partial charge in [0.15, 0.2) is 5.76 Å². The summed E-state index contributed by atoms with van der Waals surface area (Å²) in [7, 11) is 0. The minimum Gasteiger partial charge on any atom is -0.442 e. The van der Waals surface area contributed by atoms with Gasteiger partial charge >= 0.3 is 6.09 Å². The standard InChI is InChI=1S/C22H20FN3O4S/c1-12(27)24-8-15-9-26(22(28)29-15)14-5-6-16-13(7-14)3-2-4-17-20(25-30-21(16)17)18-10-31-11-19(18)23/h5-7,10-11,15H,2-4,8-9H2,1H3,(H,24,27). The smallest absolute Gasteiger partial charge is 0.414 e. The van der Waals surface area contributed by atoms with Crippen molar-refractivity contribution in [2.75, 3.05) is 18.0 Å². The fourth-order valence-electron chi connectivity index (χ4n) is 4.14. The zero-order valence-electron chi connectivity index (χ0n) is 16.8. The fourth-order valence-corrected chi connectivity index (χ4v) is 4.82.